The molecule has 0 aromatic carbocycles. The maximum absolute atomic E-state index is 0. The zero-order valence-electron chi connectivity index (χ0n) is 2.80. The molecule has 0 saturated heterocycles. The molecule has 0 amide bonds. The van der Waals surface area contributed by atoms with Gasteiger partial charge in [-0.25, -0.2) is 0 Å². The molecule has 0 N–H and O–H groups in total. The van der Waals surface area contributed by atoms with Crippen molar-refractivity contribution >= 4 is 0 Å². The zero-order chi connectivity index (χ0) is 0. The molecule has 0 bridgehead atoms. The fourth-order valence-electron chi connectivity index (χ4n) is 0. The first-order valence-electron chi connectivity index (χ1n) is 0. The van der Waals surface area contributed by atoms with Gasteiger partial charge in [0, 0.05) is 0 Å². The Balaban J connectivity index is 0. The summed E-state index contributed by atoms with van der Waals surface area (Å²) in [5.74, 6) is 0. The minimum atomic E-state index is 0. The number of hydrogen-bond acceptors (Lipinski definition) is 0. The largest absolute Gasteiger partial charge is 4.00 e. The molecule has 0 rings (SSSR count). The molecule has 25 valence electrons. The smallest absolute Gasteiger partial charge is 2.00 e. The second kappa shape index (κ2) is 40.3. The third-order valence-corrected chi connectivity index (χ3v) is 0. The Kier molecular flexibility index (Phi) is 392. The molecule has 0 unspecified atom stereocenters. The molecule has 6 heteroatoms. The van der Waals surface area contributed by atoms with Crippen molar-refractivity contribution in [2.45, 2.75) is 0 Å². The van der Waals surface area contributed by atoms with E-state index < -0.39 is 0 Å². The van der Waals surface area contributed by atoms with Crippen LogP contribution in [0.15, 0.2) is 0 Å². The van der Waals surface area contributed by atoms with Gasteiger partial charge in [0.05, 0.1) is 0 Å². The van der Waals surface area contributed by atoms with Gasteiger partial charge >= 0.3 is 104 Å². The quantitative estimate of drug-likeness (QED) is 0.515. The summed E-state index contributed by atoms with van der Waals surface area (Å²) in [6, 6.07) is 0. The van der Waals surface area contributed by atoms with Crippen molar-refractivity contribution in [3.8, 4) is 0 Å². The summed E-state index contributed by atoms with van der Waals surface area (Å²) >= 11 is 0. The molecular formula is CeLaO3Zr+4. The molecule has 0 heterocycles. The molecule has 0 atom stereocenters. The number of rotatable bonds is 0. The Bertz CT molecular complexity index is 10.8. The topological polar surface area (TPSA) is 85.5 Å². The van der Waals surface area contributed by atoms with Gasteiger partial charge in [-0.1, -0.05) is 0 Å². The van der Waals surface area contributed by atoms with Crippen LogP contribution in [0.5, 0.6) is 0 Å². The van der Waals surface area contributed by atoms with Crippen molar-refractivity contribution in [2.24, 2.45) is 0 Å². The van der Waals surface area contributed by atoms with E-state index in [1.54, 1.807) is 0 Å². The first kappa shape index (κ1) is 58.3. The molecule has 1 radical (unpaired) electrons. The van der Waals surface area contributed by atoms with Gasteiger partial charge in [-0.3, -0.25) is 0 Å². The Labute approximate surface area is 117 Å². The van der Waals surface area contributed by atoms with Gasteiger partial charge in [0.2, 0.25) is 0 Å². The van der Waals surface area contributed by atoms with E-state index >= 15 is 0 Å². The van der Waals surface area contributed by atoms with E-state index in [9.17, 15) is 0 Å². The Hall–Kier alpha value is 3.33. The van der Waals surface area contributed by atoms with Gasteiger partial charge in [-0.05, 0) is 0 Å². The molecule has 0 saturated carbocycles. The van der Waals surface area contributed by atoms with Gasteiger partial charge < -0.3 is 16.4 Å². The van der Waals surface area contributed by atoms with Gasteiger partial charge in [0.15, 0.2) is 0 Å². The molecule has 0 aliphatic carbocycles. The van der Waals surface area contributed by atoms with Gasteiger partial charge in [-0.2, -0.15) is 0 Å². The van der Waals surface area contributed by atoms with Crippen molar-refractivity contribution in [2.75, 3.05) is 0 Å². The molecule has 0 aliphatic rings. The summed E-state index contributed by atoms with van der Waals surface area (Å²) in [6.45, 7) is 0. The molecule has 0 spiro atoms. The van der Waals surface area contributed by atoms with E-state index in [1.165, 1.54) is 0 Å². The summed E-state index contributed by atoms with van der Waals surface area (Å²) < 4.78 is 0. The summed E-state index contributed by atoms with van der Waals surface area (Å²) in [4.78, 5) is 0. The first-order chi connectivity index (χ1) is 0. The van der Waals surface area contributed by atoms with Crippen LogP contribution in [-0.2, 0) is 42.6 Å². The maximum atomic E-state index is 0. The Morgan fingerprint density at radius 2 is 0.667 bits per heavy atom. The monoisotopic (exact) mass is 417 g/mol. The fraction of sp³-hybridized carbons (Fsp3) is 0. The van der Waals surface area contributed by atoms with Crippen LogP contribution in [0.4, 0.5) is 0 Å². The summed E-state index contributed by atoms with van der Waals surface area (Å²) in [7, 11) is 0. The van der Waals surface area contributed by atoms with E-state index in [0.717, 1.165) is 0 Å². The van der Waals surface area contributed by atoms with E-state index in [2.05, 4.69) is 0 Å². The van der Waals surface area contributed by atoms with Crippen LogP contribution in [0.25, 0.3) is 0 Å². The van der Waals surface area contributed by atoms with E-state index in [1.807, 2.05) is 0 Å². The van der Waals surface area contributed by atoms with Crippen LogP contribution in [-0.4, -0.2) is 0 Å². The Morgan fingerprint density at radius 3 is 0.667 bits per heavy atom. The molecule has 0 aromatic heterocycles. The average Bonchev–Trinajstić information content (AvgIpc) is 0. The van der Waals surface area contributed by atoms with Crippen LogP contribution < -0.4 is 0 Å². The SMILES string of the molecule is [Ce+3].[La+3].[O-2].[O-2].[O-2].[Zr+4]. The van der Waals surface area contributed by atoms with E-state index in [-0.39, 0.29) is 120 Å². The van der Waals surface area contributed by atoms with Gasteiger partial charge in [-0.15, -0.1) is 0 Å². The second-order valence-electron chi connectivity index (χ2n) is 0. The summed E-state index contributed by atoms with van der Waals surface area (Å²) in [5, 5.41) is 0. The summed E-state index contributed by atoms with van der Waals surface area (Å²) in [5.41, 5.74) is 0. The molecule has 3 nitrogen and oxygen atoms in total. The van der Waals surface area contributed by atoms with E-state index in [0.29, 0.717) is 0 Å². The minimum Gasteiger partial charge on any atom is -2.00 e. The average molecular weight is 418 g/mol. The standard InChI is InChI=1S/Ce.La.3O.Zr/q2*+3;3*-2;+4. The fourth-order valence-corrected chi connectivity index (χ4v) is 0. The minimum absolute atomic E-state index is 0. The molecule has 0 aromatic rings. The van der Waals surface area contributed by atoms with Crippen LogP contribution in [0.2, 0.25) is 0 Å². The predicted molar refractivity (Wildman–Crippen MR) is 2.06 cm³/mol. The Morgan fingerprint density at radius 1 is 0.667 bits per heavy atom. The third kappa shape index (κ3) is 26.5. The van der Waals surface area contributed by atoms with Gasteiger partial charge in [0.25, 0.3) is 0 Å². The van der Waals surface area contributed by atoms with Gasteiger partial charge in [0.1, 0.15) is 0 Å². The zero-order valence-corrected chi connectivity index (χ0v) is 12.0. The van der Waals surface area contributed by atoms with Crippen molar-refractivity contribution in [1.29, 1.82) is 0 Å². The molecule has 6 heavy (non-hydrogen) atoms. The van der Waals surface area contributed by atoms with Crippen LogP contribution in [0, 0.1) is 77.3 Å². The molecular weight excluding hydrogens is 418 g/mol. The van der Waals surface area contributed by atoms with Crippen molar-refractivity contribution in [3.63, 3.8) is 0 Å². The van der Waals surface area contributed by atoms with Crippen LogP contribution in [0.3, 0.4) is 0 Å². The predicted octanol–water partition coefficient (Wildman–Crippen LogP) is -0.359. The van der Waals surface area contributed by atoms with Crippen LogP contribution >= 0.6 is 0 Å². The number of hydrogen-bond donors (Lipinski definition) is 0. The van der Waals surface area contributed by atoms with E-state index in [4.69, 9.17) is 0 Å². The summed E-state index contributed by atoms with van der Waals surface area (Å²) in [6.07, 6.45) is 0. The molecule has 0 aliphatic heterocycles. The van der Waals surface area contributed by atoms with Crippen LogP contribution in [0.1, 0.15) is 0 Å². The van der Waals surface area contributed by atoms with Crippen molar-refractivity contribution in [1.82, 2.24) is 0 Å². The normalized spacial score (nSPS) is 0. The van der Waals surface area contributed by atoms with Crippen molar-refractivity contribution in [3.05, 3.63) is 0 Å². The maximum Gasteiger partial charge on any atom is 4.00 e. The second-order valence-corrected chi connectivity index (χ2v) is 0. The third-order valence-electron chi connectivity index (χ3n) is 0. The first-order valence-corrected chi connectivity index (χ1v) is 0. The van der Waals surface area contributed by atoms with Crippen molar-refractivity contribution < 1.29 is 120 Å². The molecule has 0 fully saturated rings.